The smallest absolute Gasteiger partial charge is 0.171 e. The molecular formula is C13H22O4. The Morgan fingerprint density at radius 2 is 1.53 bits per heavy atom. The highest BCUT2D eigenvalue weighted by molar-refractivity contribution is 4.62. The second kappa shape index (κ2) is 14.9. The number of hydrogen-bond acceptors (Lipinski definition) is 4. The van der Waals surface area contributed by atoms with Gasteiger partial charge in [-0.2, -0.15) is 4.89 Å². The third-order valence-corrected chi connectivity index (χ3v) is 1.92. The molecule has 0 spiro atoms. The van der Waals surface area contributed by atoms with Crippen LogP contribution >= 0.6 is 0 Å². The van der Waals surface area contributed by atoms with Crippen LogP contribution in [0.15, 0.2) is 31.2 Å². The van der Waals surface area contributed by atoms with Gasteiger partial charge in [0, 0.05) is 0 Å². The van der Waals surface area contributed by atoms with Gasteiger partial charge in [-0.05, 0) is 12.8 Å². The Kier molecular flexibility index (Phi) is 14.0. The molecule has 0 saturated carbocycles. The second-order valence-electron chi connectivity index (χ2n) is 3.40. The maximum Gasteiger partial charge on any atom is 0.171 e. The van der Waals surface area contributed by atoms with Gasteiger partial charge in [0.25, 0.3) is 0 Å². The first kappa shape index (κ1) is 15.9. The molecule has 0 unspecified atom stereocenters. The zero-order chi connectivity index (χ0) is 12.6. The molecule has 98 valence electrons. The standard InChI is InChI=1S/C13H22O4/c1-3-10-14-16-12-8-6-5-7-9-13-17-15-11-4-2/h3,11H,1-2,5-10,12-13H2. The topological polar surface area (TPSA) is 36.9 Å². The monoisotopic (exact) mass is 242 g/mol. The van der Waals surface area contributed by atoms with Crippen LogP contribution in [0.2, 0.25) is 0 Å². The van der Waals surface area contributed by atoms with E-state index in [0.717, 1.165) is 32.1 Å². The van der Waals surface area contributed by atoms with Crippen molar-refractivity contribution in [3.05, 3.63) is 31.2 Å². The molecule has 0 aromatic carbocycles. The minimum absolute atomic E-state index is 0.441. The van der Waals surface area contributed by atoms with Crippen LogP contribution in [-0.4, -0.2) is 19.8 Å². The lowest BCUT2D eigenvalue weighted by molar-refractivity contribution is -0.286. The third kappa shape index (κ3) is 14.9. The molecule has 0 saturated heterocycles. The lowest BCUT2D eigenvalue weighted by atomic mass is 10.1. The molecule has 0 aliphatic rings. The minimum Gasteiger partial charge on any atom is -0.337 e. The Balaban J connectivity index is 2.93. The fourth-order valence-corrected chi connectivity index (χ4v) is 1.12. The summed E-state index contributed by atoms with van der Waals surface area (Å²) in [6, 6.07) is 0. The van der Waals surface area contributed by atoms with Crippen molar-refractivity contribution < 1.29 is 19.6 Å². The first-order chi connectivity index (χ1) is 8.41. The summed E-state index contributed by atoms with van der Waals surface area (Å²) < 4.78 is 0. The Labute approximate surface area is 103 Å². The summed E-state index contributed by atoms with van der Waals surface area (Å²) in [6.07, 6.45) is 8.35. The summed E-state index contributed by atoms with van der Waals surface area (Å²) in [6.45, 7) is 8.53. The third-order valence-electron chi connectivity index (χ3n) is 1.92. The van der Waals surface area contributed by atoms with Gasteiger partial charge in [-0.25, -0.2) is 9.78 Å². The van der Waals surface area contributed by atoms with E-state index >= 15 is 0 Å². The quantitative estimate of drug-likeness (QED) is 0.124. The molecule has 4 nitrogen and oxygen atoms in total. The molecule has 0 rings (SSSR count). The van der Waals surface area contributed by atoms with Crippen molar-refractivity contribution in [2.75, 3.05) is 19.8 Å². The molecule has 0 radical (unpaired) electrons. The summed E-state index contributed by atoms with van der Waals surface area (Å²) in [7, 11) is 0. The van der Waals surface area contributed by atoms with Crippen molar-refractivity contribution in [3.8, 4) is 0 Å². The largest absolute Gasteiger partial charge is 0.337 e. The SMILES string of the molecule is C=C=COOCCCCCCCOOCC=C. The van der Waals surface area contributed by atoms with Crippen molar-refractivity contribution in [3.63, 3.8) is 0 Å². The molecule has 0 aromatic heterocycles. The van der Waals surface area contributed by atoms with Gasteiger partial charge in [-0.1, -0.05) is 37.6 Å². The van der Waals surface area contributed by atoms with E-state index in [1.165, 1.54) is 6.26 Å². The van der Waals surface area contributed by atoms with Gasteiger partial charge in [0.05, 0.1) is 13.2 Å². The van der Waals surface area contributed by atoms with Crippen molar-refractivity contribution in [1.82, 2.24) is 0 Å². The molecule has 17 heavy (non-hydrogen) atoms. The van der Waals surface area contributed by atoms with Crippen molar-refractivity contribution in [2.45, 2.75) is 32.1 Å². The highest BCUT2D eigenvalue weighted by Gasteiger charge is 1.92. The van der Waals surface area contributed by atoms with Gasteiger partial charge in [-0.15, -0.1) is 6.58 Å². The predicted octanol–water partition coefficient (Wildman–Crippen LogP) is 3.32. The number of unbranched alkanes of at least 4 members (excludes halogenated alkanes) is 4. The average molecular weight is 242 g/mol. The van der Waals surface area contributed by atoms with E-state index in [9.17, 15) is 0 Å². The van der Waals surface area contributed by atoms with Crippen LogP contribution in [-0.2, 0) is 19.6 Å². The predicted molar refractivity (Wildman–Crippen MR) is 65.9 cm³/mol. The second-order valence-corrected chi connectivity index (χ2v) is 3.40. The minimum atomic E-state index is 0.441. The molecule has 4 heteroatoms. The van der Waals surface area contributed by atoms with E-state index in [0.29, 0.717) is 19.8 Å². The Morgan fingerprint density at radius 1 is 0.882 bits per heavy atom. The summed E-state index contributed by atoms with van der Waals surface area (Å²) in [4.78, 5) is 19.2. The Hall–Kier alpha value is -1.06. The fraction of sp³-hybridized carbons (Fsp3) is 0.615. The van der Waals surface area contributed by atoms with Crippen molar-refractivity contribution >= 4 is 0 Å². The first-order valence-corrected chi connectivity index (χ1v) is 5.89. The number of rotatable bonds is 13. The molecule has 0 N–H and O–H groups in total. The molecule has 0 amide bonds. The van der Waals surface area contributed by atoms with Crippen LogP contribution in [0.5, 0.6) is 0 Å². The van der Waals surface area contributed by atoms with Gasteiger partial charge in [0.2, 0.25) is 0 Å². The molecule has 0 fully saturated rings. The highest BCUT2D eigenvalue weighted by atomic mass is 17.2. The van der Waals surface area contributed by atoms with Crippen LogP contribution in [0.4, 0.5) is 0 Å². The molecule has 0 aliphatic carbocycles. The van der Waals surface area contributed by atoms with Crippen molar-refractivity contribution in [2.24, 2.45) is 0 Å². The van der Waals surface area contributed by atoms with Gasteiger partial charge in [-0.3, -0.25) is 0 Å². The van der Waals surface area contributed by atoms with E-state index in [1.54, 1.807) is 6.08 Å². The maximum atomic E-state index is 4.91. The van der Waals surface area contributed by atoms with Gasteiger partial charge >= 0.3 is 0 Å². The van der Waals surface area contributed by atoms with Gasteiger partial charge in [0.1, 0.15) is 6.61 Å². The normalized spacial score (nSPS) is 9.65. The lowest BCUT2D eigenvalue weighted by Crippen LogP contribution is -1.97. The molecule has 0 atom stereocenters. The van der Waals surface area contributed by atoms with Gasteiger partial charge in [0.15, 0.2) is 6.26 Å². The summed E-state index contributed by atoms with van der Waals surface area (Å²) in [5, 5.41) is 0. The van der Waals surface area contributed by atoms with E-state index in [2.05, 4.69) is 23.8 Å². The molecule has 0 heterocycles. The zero-order valence-electron chi connectivity index (χ0n) is 10.4. The zero-order valence-corrected chi connectivity index (χ0v) is 10.4. The van der Waals surface area contributed by atoms with E-state index in [1.807, 2.05) is 0 Å². The summed E-state index contributed by atoms with van der Waals surface area (Å²) in [5.74, 6) is 0. The van der Waals surface area contributed by atoms with Crippen LogP contribution in [0, 0.1) is 0 Å². The molecule has 0 aliphatic heterocycles. The number of hydrogen-bond donors (Lipinski definition) is 0. The Bertz CT molecular complexity index is 209. The van der Waals surface area contributed by atoms with Gasteiger partial charge < -0.3 is 4.89 Å². The van der Waals surface area contributed by atoms with Crippen molar-refractivity contribution in [1.29, 1.82) is 0 Å². The summed E-state index contributed by atoms with van der Waals surface area (Å²) >= 11 is 0. The Morgan fingerprint density at radius 3 is 2.18 bits per heavy atom. The highest BCUT2D eigenvalue weighted by Crippen LogP contribution is 2.03. The fourth-order valence-electron chi connectivity index (χ4n) is 1.12. The van der Waals surface area contributed by atoms with Crippen LogP contribution < -0.4 is 0 Å². The average Bonchev–Trinajstić information content (AvgIpc) is 2.35. The lowest BCUT2D eigenvalue weighted by Gasteiger charge is -2.02. The molecular weight excluding hydrogens is 220 g/mol. The van der Waals surface area contributed by atoms with Crippen LogP contribution in [0.3, 0.4) is 0 Å². The van der Waals surface area contributed by atoms with E-state index in [-0.39, 0.29) is 0 Å². The first-order valence-electron chi connectivity index (χ1n) is 5.89. The molecule has 0 bridgehead atoms. The van der Waals surface area contributed by atoms with E-state index < -0.39 is 0 Å². The van der Waals surface area contributed by atoms with Crippen LogP contribution in [0.25, 0.3) is 0 Å². The molecule has 0 aromatic rings. The van der Waals surface area contributed by atoms with Crippen LogP contribution in [0.1, 0.15) is 32.1 Å². The maximum absolute atomic E-state index is 4.91. The summed E-state index contributed by atoms with van der Waals surface area (Å²) in [5.41, 5.74) is 2.45. The van der Waals surface area contributed by atoms with E-state index in [4.69, 9.17) is 14.7 Å².